The Morgan fingerprint density at radius 1 is 1.19 bits per heavy atom. The molecule has 0 saturated carbocycles. The number of carbonyl (C=O) groups is 1. The summed E-state index contributed by atoms with van der Waals surface area (Å²) in [5, 5.41) is 0. The van der Waals surface area contributed by atoms with E-state index in [1.54, 1.807) is 12.0 Å². The van der Waals surface area contributed by atoms with E-state index in [2.05, 4.69) is 0 Å². The number of carbonyl (C=O) groups excluding carboxylic acids is 1. The zero-order valence-corrected chi connectivity index (χ0v) is 11.2. The molecule has 0 spiro atoms. The van der Waals surface area contributed by atoms with E-state index in [-0.39, 0.29) is 11.7 Å². The van der Waals surface area contributed by atoms with Gasteiger partial charge in [0.05, 0.1) is 5.60 Å². The first-order valence-electron chi connectivity index (χ1n) is 5.69. The normalized spacial score (nSPS) is 18.2. The average Bonchev–Trinajstić information content (AvgIpc) is 1.96. The number of ether oxygens (including phenoxy) is 2. The second-order valence-electron chi connectivity index (χ2n) is 5.89. The minimum atomic E-state index is -0.418. The van der Waals surface area contributed by atoms with Crippen LogP contribution in [-0.4, -0.2) is 42.4 Å². The number of likely N-dealkylation sites (tertiary alicyclic amines) is 1. The van der Waals surface area contributed by atoms with E-state index >= 15 is 0 Å². The van der Waals surface area contributed by atoms with Crippen LogP contribution in [0.2, 0.25) is 0 Å². The van der Waals surface area contributed by atoms with Gasteiger partial charge in [-0.1, -0.05) is 0 Å². The summed E-state index contributed by atoms with van der Waals surface area (Å²) in [5.41, 5.74) is -0.586. The first-order valence-corrected chi connectivity index (χ1v) is 5.69. The Balaban J connectivity index is 2.39. The number of nitrogens with zero attached hydrogens (tertiary/aromatic N) is 1. The van der Waals surface area contributed by atoms with Crippen molar-refractivity contribution in [1.29, 1.82) is 0 Å². The van der Waals surface area contributed by atoms with Gasteiger partial charge in [-0.05, 0) is 34.6 Å². The summed E-state index contributed by atoms with van der Waals surface area (Å²) in [6.07, 6.45) is -0.226. The highest BCUT2D eigenvalue weighted by atomic mass is 16.6. The van der Waals surface area contributed by atoms with Gasteiger partial charge in [-0.25, -0.2) is 4.79 Å². The van der Waals surface area contributed by atoms with Gasteiger partial charge in [-0.2, -0.15) is 0 Å². The lowest BCUT2D eigenvalue weighted by molar-refractivity contribution is -0.0886. The van der Waals surface area contributed by atoms with Gasteiger partial charge in [0, 0.05) is 26.1 Å². The molecule has 0 aromatic carbocycles. The lowest BCUT2D eigenvalue weighted by atomic mass is 9.84. The molecule has 1 saturated heterocycles. The van der Waals surface area contributed by atoms with Crippen molar-refractivity contribution in [3.63, 3.8) is 0 Å². The van der Waals surface area contributed by atoms with Crippen molar-refractivity contribution in [2.75, 3.05) is 20.2 Å². The van der Waals surface area contributed by atoms with Crippen LogP contribution in [0.5, 0.6) is 0 Å². The summed E-state index contributed by atoms with van der Waals surface area (Å²) >= 11 is 0. The minimum absolute atomic E-state index is 0.168. The predicted molar refractivity (Wildman–Crippen MR) is 62.4 cm³/mol. The fraction of sp³-hybridized carbons (Fsp3) is 0.917. The predicted octanol–water partition coefficient (Wildman–Crippen LogP) is 2.28. The molecule has 16 heavy (non-hydrogen) atoms. The standard InChI is InChI=1S/C12H23NO3/c1-11(2,3)16-10(14)13-7-9(8-13)12(4,5)15-6/h9H,7-8H2,1-6H3. The summed E-state index contributed by atoms with van der Waals surface area (Å²) < 4.78 is 10.7. The highest BCUT2D eigenvalue weighted by Crippen LogP contribution is 2.30. The molecule has 1 rings (SSSR count). The van der Waals surface area contributed by atoms with Gasteiger partial charge in [0.1, 0.15) is 5.60 Å². The van der Waals surface area contributed by atoms with Crippen LogP contribution in [0.25, 0.3) is 0 Å². The molecule has 0 bridgehead atoms. The van der Waals surface area contributed by atoms with Crippen LogP contribution in [0, 0.1) is 5.92 Å². The Hall–Kier alpha value is -0.770. The highest BCUT2D eigenvalue weighted by Gasteiger charge is 2.42. The number of amides is 1. The molecule has 4 nitrogen and oxygen atoms in total. The van der Waals surface area contributed by atoms with Crippen LogP contribution >= 0.6 is 0 Å². The fourth-order valence-electron chi connectivity index (χ4n) is 1.56. The van der Waals surface area contributed by atoms with Crippen LogP contribution in [0.4, 0.5) is 4.79 Å². The maximum absolute atomic E-state index is 11.7. The van der Waals surface area contributed by atoms with Gasteiger partial charge in [0.25, 0.3) is 0 Å². The molecule has 1 heterocycles. The molecule has 0 aromatic rings. The molecule has 1 aliphatic rings. The van der Waals surface area contributed by atoms with E-state index in [9.17, 15) is 4.79 Å². The van der Waals surface area contributed by atoms with Gasteiger partial charge in [0.2, 0.25) is 0 Å². The van der Waals surface area contributed by atoms with E-state index in [0.717, 1.165) is 13.1 Å². The zero-order valence-electron chi connectivity index (χ0n) is 11.2. The molecule has 1 aliphatic heterocycles. The zero-order chi connectivity index (χ0) is 12.6. The summed E-state index contributed by atoms with van der Waals surface area (Å²) in [6, 6.07) is 0. The average molecular weight is 229 g/mol. The molecular formula is C12H23NO3. The summed E-state index contributed by atoms with van der Waals surface area (Å²) in [7, 11) is 1.70. The second kappa shape index (κ2) is 4.24. The first kappa shape index (κ1) is 13.3. The Kier molecular flexibility index (Phi) is 3.53. The lowest BCUT2D eigenvalue weighted by Crippen LogP contribution is -2.58. The van der Waals surface area contributed by atoms with Gasteiger partial charge < -0.3 is 14.4 Å². The SMILES string of the molecule is COC(C)(C)C1CN(C(=O)OC(C)(C)C)C1. The molecule has 1 amide bonds. The van der Waals surface area contributed by atoms with Crippen molar-refractivity contribution < 1.29 is 14.3 Å². The Bertz CT molecular complexity index is 262. The van der Waals surface area contributed by atoms with Gasteiger partial charge in [0.15, 0.2) is 0 Å². The summed E-state index contributed by atoms with van der Waals surface area (Å²) in [5.74, 6) is 0.394. The maximum atomic E-state index is 11.7. The van der Waals surface area contributed by atoms with Crippen molar-refractivity contribution >= 4 is 6.09 Å². The molecule has 0 N–H and O–H groups in total. The van der Waals surface area contributed by atoms with Crippen LogP contribution in [0.3, 0.4) is 0 Å². The van der Waals surface area contributed by atoms with Crippen LogP contribution in [-0.2, 0) is 9.47 Å². The second-order valence-corrected chi connectivity index (χ2v) is 5.89. The van der Waals surface area contributed by atoms with E-state index < -0.39 is 5.60 Å². The summed E-state index contributed by atoms with van der Waals surface area (Å²) in [4.78, 5) is 13.4. The molecule has 0 aliphatic carbocycles. The third-order valence-corrected chi connectivity index (χ3v) is 3.04. The Morgan fingerprint density at radius 2 is 1.69 bits per heavy atom. The molecule has 0 radical (unpaired) electrons. The smallest absolute Gasteiger partial charge is 0.410 e. The number of hydrogen-bond donors (Lipinski definition) is 0. The Morgan fingerprint density at radius 3 is 2.06 bits per heavy atom. The first-order chi connectivity index (χ1) is 7.15. The van der Waals surface area contributed by atoms with Crippen molar-refractivity contribution in [1.82, 2.24) is 4.90 Å². The third-order valence-electron chi connectivity index (χ3n) is 3.04. The van der Waals surface area contributed by atoms with Crippen molar-refractivity contribution in [3.8, 4) is 0 Å². The number of rotatable bonds is 2. The van der Waals surface area contributed by atoms with E-state index in [1.165, 1.54) is 0 Å². The lowest BCUT2D eigenvalue weighted by Gasteiger charge is -2.46. The van der Waals surface area contributed by atoms with Crippen molar-refractivity contribution in [2.45, 2.75) is 45.8 Å². The monoisotopic (exact) mass is 229 g/mol. The largest absolute Gasteiger partial charge is 0.444 e. The third kappa shape index (κ3) is 3.11. The topological polar surface area (TPSA) is 38.8 Å². The molecule has 1 fully saturated rings. The fourth-order valence-corrected chi connectivity index (χ4v) is 1.56. The molecule has 0 unspecified atom stereocenters. The van der Waals surface area contributed by atoms with Crippen molar-refractivity contribution in [2.24, 2.45) is 5.92 Å². The van der Waals surface area contributed by atoms with E-state index in [1.807, 2.05) is 34.6 Å². The quantitative estimate of drug-likeness (QED) is 0.729. The van der Waals surface area contributed by atoms with Crippen LogP contribution < -0.4 is 0 Å². The van der Waals surface area contributed by atoms with Gasteiger partial charge in [-0.15, -0.1) is 0 Å². The van der Waals surface area contributed by atoms with Gasteiger partial charge in [-0.3, -0.25) is 0 Å². The minimum Gasteiger partial charge on any atom is -0.444 e. The molecular weight excluding hydrogens is 206 g/mol. The summed E-state index contributed by atoms with van der Waals surface area (Å²) in [6.45, 7) is 11.2. The maximum Gasteiger partial charge on any atom is 0.410 e. The highest BCUT2D eigenvalue weighted by molar-refractivity contribution is 5.69. The van der Waals surface area contributed by atoms with E-state index in [4.69, 9.17) is 9.47 Å². The molecule has 4 heteroatoms. The molecule has 94 valence electrons. The van der Waals surface area contributed by atoms with E-state index in [0.29, 0.717) is 5.92 Å². The number of hydrogen-bond acceptors (Lipinski definition) is 3. The van der Waals surface area contributed by atoms with Crippen LogP contribution in [0.15, 0.2) is 0 Å². The van der Waals surface area contributed by atoms with Crippen LogP contribution in [0.1, 0.15) is 34.6 Å². The van der Waals surface area contributed by atoms with Gasteiger partial charge >= 0.3 is 6.09 Å². The molecule has 0 atom stereocenters. The molecule has 0 aromatic heterocycles. The Labute approximate surface area is 97.9 Å². The number of methoxy groups -OCH3 is 1. The van der Waals surface area contributed by atoms with Crippen molar-refractivity contribution in [3.05, 3.63) is 0 Å².